The maximum absolute atomic E-state index is 6.49. The fourth-order valence-corrected chi connectivity index (χ4v) is 5.05. The molecule has 3 heteroatoms. The van der Waals surface area contributed by atoms with Gasteiger partial charge in [0.05, 0.1) is 18.8 Å². The number of benzene rings is 1. The van der Waals surface area contributed by atoms with E-state index in [4.69, 9.17) is 14.2 Å². The first-order valence-electron chi connectivity index (χ1n) is 9.78. The van der Waals surface area contributed by atoms with Crippen LogP contribution in [0.15, 0.2) is 42.5 Å². The Morgan fingerprint density at radius 3 is 2.52 bits per heavy atom. The Morgan fingerprint density at radius 1 is 1.04 bits per heavy atom. The number of allylic oxidation sites excluding steroid dienone is 2. The molecule has 0 aromatic heterocycles. The third-order valence-corrected chi connectivity index (χ3v) is 6.48. The highest BCUT2D eigenvalue weighted by Crippen LogP contribution is 2.50. The van der Waals surface area contributed by atoms with Crippen molar-refractivity contribution in [3.8, 4) is 0 Å². The van der Waals surface area contributed by atoms with Crippen LogP contribution in [0.4, 0.5) is 0 Å². The van der Waals surface area contributed by atoms with Crippen LogP contribution in [0.5, 0.6) is 0 Å². The van der Waals surface area contributed by atoms with Crippen molar-refractivity contribution in [3.63, 3.8) is 0 Å². The summed E-state index contributed by atoms with van der Waals surface area (Å²) in [4.78, 5) is 0. The summed E-state index contributed by atoms with van der Waals surface area (Å²) in [5, 5.41) is 0. The van der Waals surface area contributed by atoms with Gasteiger partial charge in [-0.2, -0.15) is 0 Å². The fraction of sp³-hybridized carbons (Fsp3) is 0.636. The first-order chi connectivity index (χ1) is 12.3. The molecule has 3 aliphatic carbocycles. The van der Waals surface area contributed by atoms with E-state index in [9.17, 15) is 0 Å². The minimum absolute atomic E-state index is 0.110. The highest BCUT2D eigenvalue weighted by Gasteiger charge is 2.47. The van der Waals surface area contributed by atoms with Gasteiger partial charge in [0.15, 0.2) is 6.29 Å². The lowest BCUT2D eigenvalue weighted by atomic mass is 9.84. The quantitative estimate of drug-likeness (QED) is 0.536. The van der Waals surface area contributed by atoms with Gasteiger partial charge < -0.3 is 14.2 Å². The van der Waals surface area contributed by atoms with Crippen LogP contribution >= 0.6 is 0 Å². The van der Waals surface area contributed by atoms with Crippen molar-refractivity contribution >= 4 is 0 Å². The van der Waals surface area contributed by atoms with E-state index in [0.717, 1.165) is 12.8 Å². The molecule has 0 spiro atoms. The van der Waals surface area contributed by atoms with Gasteiger partial charge in [-0.1, -0.05) is 49.4 Å². The molecule has 0 radical (unpaired) electrons. The number of hydrogen-bond donors (Lipinski definition) is 0. The van der Waals surface area contributed by atoms with Crippen molar-refractivity contribution < 1.29 is 14.2 Å². The Bertz CT molecular complexity index is 584. The van der Waals surface area contributed by atoms with Gasteiger partial charge in [-0.25, -0.2) is 0 Å². The third kappa shape index (κ3) is 3.55. The van der Waals surface area contributed by atoms with E-state index >= 15 is 0 Å². The van der Waals surface area contributed by atoms with Crippen LogP contribution in [0.1, 0.15) is 38.2 Å². The van der Waals surface area contributed by atoms with E-state index in [1.165, 1.54) is 18.4 Å². The topological polar surface area (TPSA) is 27.7 Å². The third-order valence-electron chi connectivity index (χ3n) is 6.48. The summed E-state index contributed by atoms with van der Waals surface area (Å²) in [6, 6.07) is 10.4. The van der Waals surface area contributed by atoms with E-state index in [-0.39, 0.29) is 18.5 Å². The molecule has 7 atom stereocenters. The first kappa shape index (κ1) is 17.3. The second-order valence-electron chi connectivity index (χ2n) is 7.93. The fourth-order valence-electron chi connectivity index (χ4n) is 5.05. The molecule has 1 aromatic carbocycles. The Balaban J connectivity index is 1.36. The van der Waals surface area contributed by atoms with Gasteiger partial charge in [-0.15, -0.1) is 0 Å². The number of rotatable bonds is 7. The molecular formula is C22H30O3. The van der Waals surface area contributed by atoms with Crippen LogP contribution in [-0.4, -0.2) is 25.6 Å². The molecule has 0 N–H and O–H groups in total. The maximum atomic E-state index is 6.49. The minimum Gasteiger partial charge on any atom is -0.371 e. The van der Waals surface area contributed by atoms with Crippen molar-refractivity contribution in [2.24, 2.45) is 23.7 Å². The normalized spacial score (nSPS) is 37.7. The van der Waals surface area contributed by atoms with Gasteiger partial charge in [0.25, 0.3) is 0 Å². The lowest BCUT2D eigenvalue weighted by Crippen LogP contribution is -2.39. The van der Waals surface area contributed by atoms with Crippen molar-refractivity contribution in [1.82, 2.24) is 0 Å². The molecule has 0 amide bonds. The summed E-state index contributed by atoms with van der Waals surface area (Å²) < 4.78 is 18.5. The summed E-state index contributed by atoms with van der Waals surface area (Å²) >= 11 is 0. The number of hydrogen-bond acceptors (Lipinski definition) is 3. The zero-order chi connectivity index (χ0) is 17.2. The predicted octanol–water partition coefficient (Wildman–Crippen LogP) is 4.57. The molecule has 25 heavy (non-hydrogen) atoms. The molecule has 0 aliphatic heterocycles. The van der Waals surface area contributed by atoms with Gasteiger partial charge in [-0.05, 0) is 49.0 Å². The van der Waals surface area contributed by atoms with Gasteiger partial charge >= 0.3 is 0 Å². The summed E-state index contributed by atoms with van der Waals surface area (Å²) in [5.74, 6) is 2.46. The van der Waals surface area contributed by atoms with Gasteiger partial charge in [0.1, 0.15) is 0 Å². The van der Waals surface area contributed by atoms with Crippen molar-refractivity contribution in [2.45, 2.75) is 57.7 Å². The van der Waals surface area contributed by atoms with Crippen LogP contribution in [0, 0.1) is 23.7 Å². The molecule has 3 nitrogen and oxygen atoms in total. The zero-order valence-corrected chi connectivity index (χ0v) is 15.3. The molecule has 1 unspecified atom stereocenters. The van der Waals surface area contributed by atoms with Crippen LogP contribution in [-0.2, 0) is 20.8 Å². The largest absolute Gasteiger partial charge is 0.371 e. The van der Waals surface area contributed by atoms with Crippen molar-refractivity contribution in [1.29, 1.82) is 0 Å². The van der Waals surface area contributed by atoms with Crippen LogP contribution < -0.4 is 0 Å². The molecule has 4 rings (SSSR count). The summed E-state index contributed by atoms with van der Waals surface area (Å²) in [7, 11) is 1.79. The van der Waals surface area contributed by atoms with Crippen LogP contribution in [0.25, 0.3) is 0 Å². The number of fused-ring (bicyclic) bond motifs is 2. The number of ether oxygens (including phenoxy) is 3. The molecule has 136 valence electrons. The van der Waals surface area contributed by atoms with E-state index in [2.05, 4.69) is 43.3 Å². The molecule has 2 bridgehead atoms. The Labute approximate surface area is 151 Å². The van der Waals surface area contributed by atoms with Gasteiger partial charge in [0.2, 0.25) is 0 Å². The summed E-state index contributed by atoms with van der Waals surface area (Å²) in [5.41, 5.74) is 1.23. The maximum Gasteiger partial charge on any atom is 0.161 e. The minimum atomic E-state index is -0.110. The van der Waals surface area contributed by atoms with Gasteiger partial charge in [0, 0.05) is 13.0 Å². The molecule has 1 aromatic rings. The first-order valence-corrected chi connectivity index (χ1v) is 9.78. The highest BCUT2D eigenvalue weighted by atomic mass is 16.7. The summed E-state index contributed by atoms with van der Waals surface area (Å²) in [6.07, 6.45) is 9.60. The van der Waals surface area contributed by atoms with E-state index < -0.39 is 0 Å². The Hall–Kier alpha value is -1.16. The van der Waals surface area contributed by atoms with Crippen molar-refractivity contribution in [3.05, 3.63) is 48.0 Å². The number of methoxy groups -OCH3 is 1. The Morgan fingerprint density at radius 2 is 1.80 bits per heavy atom. The van der Waals surface area contributed by atoms with E-state index in [0.29, 0.717) is 30.3 Å². The highest BCUT2D eigenvalue weighted by molar-refractivity contribution is 5.14. The summed E-state index contributed by atoms with van der Waals surface area (Å²) in [6.45, 7) is 3.02. The molecule has 0 heterocycles. The monoisotopic (exact) mass is 342 g/mol. The molecule has 2 fully saturated rings. The van der Waals surface area contributed by atoms with Crippen LogP contribution in [0.3, 0.4) is 0 Å². The van der Waals surface area contributed by atoms with Crippen LogP contribution in [0.2, 0.25) is 0 Å². The SMILES string of the molecule is CO[C@H](O[C@@H]1CCC[C@@H]1OCc1ccccc1)[C@H]1C2C=C[C@H](C2)[C@@H]1C. The predicted molar refractivity (Wildman–Crippen MR) is 97.9 cm³/mol. The smallest absolute Gasteiger partial charge is 0.161 e. The van der Waals surface area contributed by atoms with Crippen molar-refractivity contribution in [2.75, 3.05) is 7.11 Å². The molecule has 2 saturated carbocycles. The van der Waals surface area contributed by atoms with E-state index in [1.807, 2.05) is 6.07 Å². The second-order valence-corrected chi connectivity index (χ2v) is 7.93. The average Bonchev–Trinajstić information content (AvgIpc) is 3.35. The molecular weight excluding hydrogens is 312 g/mol. The van der Waals surface area contributed by atoms with E-state index in [1.54, 1.807) is 7.11 Å². The zero-order valence-electron chi connectivity index (χ0n) is 15.3. The Kier molecular flexibility index (Phi) is 5.25. The standard InChI is InChI=1S/C22H30O3/c1-15-17-11-12-18(13-17)21(15)22(23-2)25-20-10-6-9-19(20)24-14-16-7-4-3-5-8-16/h3-5,7-8,11-12,15,17-22H,6,9-10,13-14H2,1-2H3/t15-,17+,18?,19-,20+,21+,22+/m0/s1. The molecule has 0 saturated heterocycles. The second kappa shape index (κ2) is 7.61. The molecule has 3 aliphatic rings. The van der Waals surface area contributed by atoms with Gasteiger partial charge in [-0.3, -0.25) is 0 Å². The lowest BCUT2D eigenvalue weighted by Gasteiger charge is -2.34. The lowest BCUT2D eigenvalue weighted by molar-refractivity contribution is -0.213. The average molecular weight is 342 g/mol.